The molecule has 0 saturated carbocycles. The largest absolute Gasteiger partial charge is 0.353 e. The molecular weight excluding hydrogens is 263 g/mol. The molecule has 0 N–H and O–H groups in total. The monoisotopic (exact) mass is 276 g/mol. The van der Waals surface area contributed by atoms with Crippen LogP contribution in [0.5, 0.6) is 0 Å². The second-order valence-corrected chi connectivity index (χ2v) is 3.89. The fraction of sp³-hybridized carbons (Fsp3) is 0.455. The molecule has 1 unspecified atom stereocenters. The van der Waals surface area contributed by atoms with E-state index in [9.17, 15) is 4.39 Å². The van der Waals surface area contributed by atoms with Gasteiger partial charge in [0.15, 0.2) is 6.29 Å². The first-order valence-corrected chi connectivity index (χ1v) is 5.60. The fourth-order valence-electron chi connectivity index (χ4n) is 1.15. The van der Waals surface area contributed by atoms with Gasteiger partial charge in [-0.25, -0.2) is 4.39 Å². The number of halogens is 2. The molecule has 15 heavy (non-hydrogen) atoms. The van der Waals surface area contributed by atoms with Crippen LogP contribution in [0.3, 0.4) is 0 Å². The van der Waals surface area contributed by atoms with Gasteiger partial charge in [-0.2, -0.15) is 0 Å². The van der Waals surface area contributed by atoms with Crippen LogP contribution in [-0.4, -0.2) is 12.9 Å². The van der Waals surface area contributed by atoms with Gasteiger partial charge < -0.3 is 9.47 Å². The summed E-state index contributed by atoms with van der Waals surface area (Å²) >= 11 is 3.28. The maximum Gasteiger partial charge on any atom is 0.155 e. The van der Waals surface area contributed by atoms with Crippen LogP contribution in [-0.2, 0) is 16.1 Å². The molecule has 0 bridgehead atoms. The summed E-state index contributed by atoms with van der Waals surface area (Å²) in [6.45, 7) is 4.46. The Bertz CT molecular complexity index is 297. The number of hydrogen-bond donors (Lipinski definition) is 0. The van der Waals surface area contributed by atoms with Crippen LogP contribution < -0.4 is 0 Å². The second-order valence-electron chi connectivity index (χ2n) is 3.03. The highest BCUT2D eigenvalue weighted by atomic mass is 79.9. The van der Waals surface area contributed by atoms with E-state index in [1.165, 1.54) is 6.07 Å². The third kappa shape index (κ3) is 3.89. The van der Waals surface area contributed by atoms with E-state index in [4.69, 9.17) is 9.47 Å². The summed E-state index contributed by atoms with van der Waals surface area (Å²) < 4.78 is 24.6. The van der Waals surface area contributed by atoms with Crippen molar-refractivity contribution in [3.8, 4) is 0 Å². The molecule has 2 nitrogen and oxygen atoms in total. The quantitative estimate of drug-likeness (QED) is 0.767. The summed E-state index contributed by atoms with van der Waals surface area (Å²) in [6.07, 6.45) is -0.318. The second kappa shape index (κ2) is 6.20. The maximum atomic E-state index is 13.3. The lowest BCUT2D eigenvalue weighted by Crippen LogP contribution is -2.13. The Hall–Kier alpha value is -0.450. The highest BCUT2D eigenvalue weighted by molar-refractivity contribution is 9.10. The number of benzene rings is 1. The van der Waals surface area contributed by atoms with Crippen molar-refractivity contribution in [2.75, 3.05) is 6.61 Å². The van der Waals surface area contributed by atoms with Crippen LogP contribution in [0.2, 0.25) is 0 Å². The van der Waals surface area contributed by atoms with Gasteiger partial charge in [0.25, 0.3) is 0 Å². The van der Waals surface area contributed by atoms with E-state index in [0.29, 0.717) is 16.6 Å². The van der Waals surface area contributed by atoms with Crippen LogP contribution in [0.15, 0.2) is 22.7 Å². The van der Waals surface area contributed by atoms with Gasteiger partial charge in [-0.1, -0.05) is 22.0 Å². The molecular formula is C11H14BrFO2. The third-order valence-corrected chi connectivity index (χ3v) is 2.67. The minimum atomic E-state index is -0.318. The van der Waals surface area contributed by atoms with E-state index in [1.54, 1.807) is 19.1 Å². The zero-order valence-electron chi connectivity index (χ0n) is 8.80. The van der Waals surface area contributed by atoms with Crippen molar-refractivity contribution in [3.63, 3.8) is 0 Å². The molecule has 1 aromatic carbocycles. The smallest absolute Gasteiger partial charge is 0.155 e. The zero-order valence-corrected chi connectivity index (χ0v) is 10.4. The van der Waals surface area contributed by atoms with Crippen LogP contribution in [0, 0.1) is 5.82 Å². The van der Waals surface area contributed by atoms with Crippen LogP contribution >= 0.6 is 15.9 Å². The molecule has 4 heteroatoms. The molecule has 0 saturated heterocycles. The number of ether oxygens (including phenoxy) is 2. The molecule has 0 aliphatic rings. The summed E-state index contributed by atoms with van der Waals surface area (Å²) in [5, 5.41) is 0. The lowest BCUT2D eigenvalue weighted by Gasteiger charge is -2.13. The van der Waals surface area contributed by atoms with Gasteiger partial charge >= 0.3 is 0 Å². The highest BCUT2D eigenvalue weighted by Crippen LogP contribution is 2.20. The van der Waals surface area contributed by atoms with E-state index in [-0.39, 0.29) is 18.7 Å². The van der Waals surface area contributed by atoms with Crippen LogP contribution in [0.4, 0.5) is 4.39 Å². The lowest BCUT2D eigenvalue weighted by molar-refractivity contribution is -0.134. The average molecular weight is 277 g/mol. The molecule has 0 fully saturated rings. The van der Waals surface area contributed by atoms with Gasteiger partial charge in [-0.3, -0.25) is 0 Å². The van der Waals surface area contributed by atoms with Crippen molar-refractivity contribution in [3.05, 3.63) is 34.1 Å². The molecule has 0 amide bonds. The van der Waals surface area contributed by atoms with Crippen molar-refractivity contribution in [1.29, 1.82) is 0 Å². The van der Waals surface area contributed by atoms with Crippen molar-refractivity contribution >= 4 is 15.9 Å². The van der Waals surface area contributed by atoms with E-state index >= 15 is 0 Å². The normalized spacial score (nSPS) is 12.8. The zero-order chi connectivity index (χ0) is 11.3. The van der Waals surface area contributed by atoms with E-state index in [0.717, 1.165) is 0 Å². The Kier molecular flexibility index (Phi) is 5.22. The Morgan fingerprint density at radius 3 is 2.73 bits per heavy atom. The minimum absolute atomic E-state index is 0.203. The molecule has 0 aliphatic carbocycles. The SMILES string of the molecule is CCOC(C)OCc1c(F)cccc1Br. The summed E-state index contributed by atoms with van der Waals surface area (Å²) in [7, 11) is 0. The Morgan fingerprint density at radius 1 is 1.40 bits per heavy atom. The molecule has 0 radical (unpaired) electrons. The van der Waals surface area contributed by atoms with E-state index < -0.39 is 0 Å². The Balaban J connectivity index is 2.57. The van der Waals surface area contributed by atoms with Crippen molar-refractivity contribution in [1.82, 2.24) is 0 Å². The first-order valence-electron chi connectivity index (χ1n) is 4.81. The minimum Gasteiger partial charge on any atom is -0.353 e. The highest BCUT2D eigenvalue weighted by Gasteiger charge is 2.08. The van der Waals surface area contributed by atoms with Crippen molar-refractivity contribution in [2.24, 2.45) is 0 Å². The Morgan fingerprint density at radius 2 is 2.13 bits per heavy atom. The predicted octanol–water partition coefficient (Wildman–Crippen LogP) is 3.49. The van der Waals surface area contributed by atoms with Gasteiger partial charge in [-0.05, 0) is 26.0 Å². The van der Waals surface area contributed by atoms with Crippen molar-refractivity contribution in [2.45, 2.75) is 26.7 Å². The van der Waals surface area contributed by atoms with Crippen molar-refractivity contribution < 1.29 is 13.9 Å². The molecule has 1 aromatic rings. The van der Waals surface area contributed by atoms with Gasteiger partial charge in [0.2, 0.25) is 0 Å². The first-order chi connectivity index (χ1) is 7.15. The van der Waals surface area contributed by atoms with Crippen LogP contribution in [0.1, 0.15) is 19.4 Å². The fourth-order valence-corrected chi connectivity index (χ4v) is 1.61. The third-order valence-electron chi connectivity index (χ3n) is 1.93. The topological polar surface area (TPSA) is 18.5 Å². The molecule has 0 aliphatic heterocycles. The van der Waals surface area contributed by atoms with Gasteiger partial charge in [0, 0.05) is 16.6 Å². The summed E-state index contributed by atoms with van der Waals surface area (Å²) in [4.78, 5) is 0. The first kappa shape index (κ1) is 12.6. The summed E-state index contributed by atoms with van der Waals surface area (Å²) in [6, 6.07) is 4.84. The molecule has 1 atom stereocenters. The van der Waals surface area contributed by atoms with Gasteiger partial charge in [0.1, 0.15) is 5.82 Å². The van der Waals surface area contributed by atoms with Gasteiger partial charge in [0.05, 0.1) is 6.61 Å². The lowest BCUT2D eigenvalue weighted by atomic mass is 10.2. The van der Waals surface area contributed by atoms with Gasteiger partial charge in [-0.15, -0.1) is 0 Å². The molecule has 84 valence electrons. The van der Waals surface area contributed by atoms with Crippen LogP contribution in [0.25, 0.3) is 0 Å². The molecule has 1 rings (SSSR count). The average Bonchev–Trinajstić information content (AvgIpc) is 2.17. The maximum absolute atomic E-state index is 13.3. The molecule has 0 heterocycles. The predicted molar refractivity (Wildman–Crippen MR) is 60.0 cm³/mol. The Labute approximate surface area is 97.5 Å². The number of hydrogen-bond acceptors (Lipinski definition) is 2. The molecule has 0 aromatic heterocycles. The van der Waals surface area contributed by atoms with E-state index in [2.05, 4.69) is 15.9 Å². The standard InChI is InChI=1S/C11H14BrFO2/c1-3-14-8(2)15-7-9-10(12)5-4-6-11(9)13/h4-6,8H,3,7H2,1-2H3. The summed E-state index contributed by atoms with van der Waals surface area (Å²) in [5.74, 6) is -0.270. The van der Waals surface area contributed by atoms with E-state index in [1.807, 2.05) is 6.92 Å². The summed E-state index contributed by atoms with van der Waals surface area (Å²) in [5.41, 5.74) is 0.518. The molecule has 0 spiro atoms. The number of rotatable bonds is 5.